The van der Waals surface area contributed by atoms with Crippen molar-refractivity contribution in [3.8, 4) is 5.75 Å². The molecule has 1 fully saturated rings. The molecule has 1 heterocycles. The Balaban J connectivity index is 1.56. The third-order valence-electron chi connectivity index (χ3n) is 3.79. The van der Waals surface area contributed by atoms with Crippen molar-refractivity contribution in [3.05, 3.63) is 54.6 Å². The number of nitrogens with one attached hydrogen (secondary N) is 1. The quantitative estimate of drug-likeness (QED) is 0.896. The Morgan fingerprint density at radius 2 is 1.68 bits per heavy atom. The van der Waals surface area contributed by atoms with E-state index in [4.69, 9.17) is 0 Å². The zero-order valence-electron chi connectivity index (χ0n) is 12.3. The number of para-hydroxylation sites is 1. The average molecular weight is 297 g/mol. The van der Waals surface area contributed by atoms with Crippen LogP contribution in [0.3, 0.4) is 0 Å². The molecule has 0 spiro atoms. The Hall–Kier alpha value is -2.69. The van der Waals surface area contributed by atoms with Crippen molar-refractivity contribution in [2.45, 2.75) is 0 Å². The van der Waals surface area contributed by atoms with Crippen molar-refractivity contribution in [2.24, 2.45) is 0 Å². The summed E-state index contributed by atoms with van der Waals surface area (Å²) in [7, 11) is 0. The van der Waals surface area contributed by atoms with E-state index in [0.29, 0.717) is 18.8 Å². The van der Waals surface area contributed by atoms with Crippen molar-refractivity contribution in [1.29, 1.82) is 0 Å². The van der Waals surface area contributed by atoms with Gasteiger partial charge in [-0.25, -0.2) is 4.79 Å². The number of aromatic hydroxyl groups is 1. The first-order valence-corrected chi connectivity index (χ1v) is 7.37. The van der Waals surface area contributed by atoms with Crippen LogP contribution in [0.15, 0.2) is 54.6 Å². The molecule has 0 unspecified atom stereocenters. The van der Waals surface area contributed by atoms with Gasteiger partial charge < -0.3 is 20.2 Å². The molecule has 5 heteroatoms. The molecule has 1 aliphatic heterocycles. The molecule has 1 saturated heterocycles. The zero-order chi connectivity index (χ0) is 15.4. The van der Waals surface area contributed by atoms with Gasteiger partial charge in [0.05, 0.1) is 0 Å². The minimum atomic E-state index is -0.127. The first kappa shape index (κ1) is 14.3. The lowest BCUT2D eigenvalue weighted by molar-refractivity contribution is 0.208. The summed E-state index contributed by atoms with van der Waals surface area (Å²) in [6.45, 7) is 2.99. The van der Waals surface area contributed by atoms with Crippen LogP contribution in [-0.2, 0) is 0 Å². The minimum absolute atomic E-state index is 0.127. The standard InChI is InChI=1S/C17H19N3O2/c21-16-8-4-5-14(13-16)18-17(22)20-11-9-19(10-12-20)15-6-2-1-3-7-15/h1-8,13,21H,9-12H2,(H,18,22). The highest BCUT2D eigenvalue weighted by Crippen LogP contribution is 2.18. The second-order valence-corrected chi connectivity index (χ2v) is 5.29. The van der Waals surface area contributed by atoms with Crippen LogP contribution in [0.1, 0.15) is 0 Å². The van der Waals surface area contributed by atoms with Gasteiger partial charge in [-0.2, -0.15) is 0 Å². The number of phenols is 1. The second kappa shape index (κ2) is 6.39. The molecular weight excluding hydrogens is 278 g/mol. The lowest BCUT2D eigenvalue weighted by Gasteiger charge is -2.36. The predicted octanol–water partition coefficient (Wildman–Crippen LogP) is 2.75. The van der Waals surface area contributed by atoms with E-state index < -0.39 is 0 Å². The van der Waals surface area contributed by atoms with Gasteiger partial charge in [-0.3, -0.25) is 0 Å². The summed E-state index contributed by atoms with van der Waals surface area (Å²) >= 11 is 0. The van der Waals surface area contributed by atoms with Crippen LogP contribution in [0.5, 0.6) is 5.75 Å². The zero-order valence-corrected chi connectivity index (χ0v) is 12.3. The van der Waals surface area contributed by atoms with E-state index in [1.165, 1.54) is 11.8 Å². The highest BCUT2D eigenvalue weighted by molar-refractivity contribution is 5.89. The maximum atomic E-state index is 12.2. The van der Waals surface area contributed by atoms with E-state index in [1.54, 1.807) is 23.1 Å². The van der Waals surface area contributed by atoms with Gasteiger partial charge in [-0.05, 0) is 24.3 Å². The maximum absolute atomic E-state index is 12.2. The number of hydrogen-bond donors (Lipinski definition) is 2. The van der Waals surface area contributed by atoms with Gasteiger partial charge in [-0.15, -0.1) is 0 Å². The molecule has 3 rings (SSSR count). The number of anilines is 2. The summed E-state index contributed by atoms with van der Waals surface area (Å²) < 4.78 is 0. The number of piperazine rings is 1. The monoisotopic (exact) mass is 297 g/mol. The van der Waals surface area contributed by atoms with E-state index in [9.17, 15) is 9.90 Å². The van der Waals surface area contributed by atoms with Crippen molar-refractivity contribution >= 4 is 17.4 Å². The Labute approximate surface area is 129 Å². The first-order valence-electron chi connectivity index (χ1n) is 7.37. The normalized spacial score (nSPS) is 14.7. The van der Waals surface area contributed by atoms with E-state index in [0.717, 1.165) is 13.1 Å². The molecule has 22 heavy (non-hydrogen) atoms. The fraction of sp³-hybridized carbons (Fsp3) is 0.235. The molecule has 2 amide bonds. The van der Waals surface area contributed by atoms with E-state index in [2.05, 4.69) is 22.3 Å². The van der Waals surface area contributed by atoms with E-state index >= 15 is 0 Å². The smallest absolute Gasteiger partial charge is 0.321 e. The van der Waals surface area contributed by atoms with Gasteiger partial charge in [0.2, 0.25) is 0 Å². The van der Waals surface area contributed by atoms with Crippen LogP contribution in [0.2, 0.25) is 0 Å². The Kier molecular flexibility index (Phi) is 4.14. The molecule has 2 N–H and O–H groups in total. The number of amides is 2. The lowest BCUT2D eigenvalue weighted by atomic mass is 10.2. The molecule has 0 aromatic heterocycles. The average Bonchev–Trinajstić information content (AvgIpc) is 2.56. The third-order valence-corrected chi connectivity index (χ3v) is 3.79. The summed E-state index contributed by atoms with van der Waals surface area (Å²) in [5, 5.41) is 12.2. The Morgan fingerprint density at radius 3 is 2.36 bits per heavy atom. The number of phenolic OH excluding ortho intramolecular Hbond substituents is 1. The number of hydrogen-bond acceptors (Lipinski definition) is 3. The third kappa shape index (κ3) is 3.31. The summed E-state index contributed by atoms with van der Waals surface area (Å²) in [6.07, 6.45) is 0. The molecule has 0 bridgehead atoms. The fourth-order valence-corrected chi connectivity index (χ4v) is 2.59. The highest BCUT2D eigenvalue weighted by Gasteiger charge is 2.21. The van der Waals surface area contributed by atoms with Crippen LogP contribution in [0.25, 0.3) is 0 Å². The van der Waals surface area contributed by atoms with Crippen LogP contribution in [0, 0.1) is 0 Å². The Morgan fingerprint density at radius 1 is 0.955 bits per heavy atom. The number of carbonyl (C=O) groups excluding carboxylic acids is 1. The number of benzene rings is 2. The summed E-state index contributed by atoms with van der Waals surface area (Å²) in [4.78, 5) is 16.3. The number of urea groups is 1. The van der Waals surface area contributed by atoms with Crippen molar-refractivity contribution < 1.29 is 9.90 Å². The fourth-order valence-electron chi connectivity index (χ4n) is 2.59. The number of nitrogens with zero attached hydrogens (tertiary/aromatic N) is 2. The number of rotatable bonds is 2. The van der Waals surface area contributed by atoms with Gasteiger partial charge in [0.1, 0.15) is 5.75 Å². The van der Waals surface area contributed by atoms with Gasteiger partial charge in [0.25, 0.3) is 0 Å². The van der Waals surface area contributed by atoms with Gasteiger partial charge >= 0.3 is 6.03 Å². The molecule has 2 aromatic rings. The molecule has 0 atom stereocenters. The van der Waals surface area contributed by atoms with Crippen LogP contribution in [-0.4, -0.2) is 42.2 Å². The minimum Gasteiger partial charge on any atom is -0.508 e. The SMILES string of the molecule is O=C(Nc1cccc(O)c1)N1CCN(c2ccccc2)CC1. The van der Waals surface area contributed by atoms with Crippen molar-refractivity contribution in [1.82, 2.24) is 4.90 Å². The second-order valence-electron chi connectivity index (χ2n) is 5.29. The maximum Gasteiger partial charge on any atom is 0.321 e. The molecule has 0 aliphatic carbocycles. The van der Waals surface area contributed by atoms with Gasteiger partial charge in [-0.1, -0.05) is 24.3 Å². The molecule has 0 saturated carbocycles. The van der Waals surface area contributed by atoms with E-state index in [1.807, 2.05) is 18.2 Å². The summed E-state index contributed by atoms with van der Waals surface area (Å²) in [6, 6.07) is 16.7. The number of carbonyl (C=O) groups is 1. The lowest BCUT2D eigenvalue weighted by Crippen LogP contribution is -2.50. The van der Waals surface area contributed by atoms with Crippen molar-refractivity contribution in [2.75, 3.05) is 36.4 Å². The van der Waals surface area contributed by atoms with Crippen molar-refractivity contribution in [3.63, 3.8) is 0 Å². The van der Waals surface area contributed by atoms with Crippen LogP contribution in [0.4, 0.5) is 16.2 Å². The summed E-state index contributed by atoms with van der Waals surface area (Å²) in [5.41, 5.74) is 1.80. The topological polar surface area (TPSA) is 55.8 Å². The van der Waals surface area contributed by atoms with Gasteiger partial charge in [0, 0.05) is 43.6 Å². The van der Waals surface area contributed by atoms with Crippen LogP contribution >= 0.6 is 0 Å². The highest BCUT2D eigenvalue weighted by atomic mass is 16.3. The molecule has 5 nitrogen and oxygen atoms in total. The molecule has 1 aliphatic rings. The largest absolute Gasteiger partial charge is 0.508 e. The van der Waals surface area contributed by atoms with E-state index in [-0.39, 0.29) is 11.8 Å². The van der Waals surface area contributed by atoms with Crippen LogP contribution < -0.4 is 10.2 Å². The predicted molar refractivity (Wildman–Crippen MR) is 87.4 cm³/mol. The van der Waals surface area contributed by atoms with Gasteiger partial charge in [0.15, 0.2) is 0 Å². The first-order chi connectivity index (χ1) is 10.7. The Bertz CT molecular complexity index is 637. The molecule has 0 radical (unpaired) electrons. The molecule has 114 valence electrons. The molecule has 2 aromatic carbocycles. The summed E-state index contributed by atoms with van der Waals surface area (Å²) in [5.74, 6) is 0.145. The molecular formula is C17H19N3O2.